The van der Waals surface area contributed by atoms with E-state index in [-0.39, 0.29) is 5.75 Å². The predicted octanol–water partition coefficient (Wildman–Crippen LogP) is 4.68. The van der Waals surface area contributed by atoms with Gasteiger partial charge in [0.25, 0.3) is 0 Å². The van der Waals surface area contributed by atoms with Crippen LogP contribution in [0.3, 0.4) is 0 Å². The number of nitrogens with zero attached hydrogens (tertiary/aromatic N) is 1. The third-order valence-corrected chi connectivity index (χ3v) is 4.86. The van der Waals surface area contributed by atoms with Gasteiger partial charge in [0, 0.05) is 23.6 Å². The van der Waals surface area contributed by atoms with Crippen LogP contribution in [0.4, 0.5) is 0 Å². The van der Waals surface area contributed by atoms with Crippen molar-refractivity contribution in [2.45, 2.75) is 51.5 Å². The number of rotatable bonds is 10. The highest BCUT2D eigenvalue weighted by Gasteiger charge is 2.08. The number of halogens is 2. The number of nitrogens with two attached hydrogens (primary N) is 1. The van der Waals surface area contributed by atoms with Crippen molar-refractivity contribution in [3.63, 3.8) is 0 Å². The van der Waals surface area contributed by atoms with Gasteiger partial charge >= 0.3 is 0 Å². The van der Waals surface area contributed by atoms with Crippen molar-refractivity contribution in [1.82, 2.24) is 0 Å². The second-order valence-electron chi connectivity index (χ2n) is 6.40. The molecule has 136 valence electrons. The zero-order valence-electron chi connectivity index (χ0n) is 14.6. The van der Waals surface area contributed by atoms with E-state index in [1.54, 1.807) is 12.1 Å². The van der Waals surface area contributed by atoms with Crippen LogP contribution in [0.5, 0.6) is 5.75 Å². The van der Waals surface area contributed by atoms with E-state index < -0.39 is 0 Å². The molecule has 0 saturated heterocycles. The molecule has 1 aromatic heterocycles. The first-order valence-electron chi connectivity index (χ1n) is 8.95. The van der Waals surface area contributed by atoms with E-state index in [0.29, 0.717) is 10.0 Å². The molecule has 0 aliphatic carbocycles. The summed E-state index contributed by atoms with van der Waals surface area (Å²) in [6.07, 6.45) is 11.7. The van der Waals surface area contributed by atoms with Crippen LogP contribution < -0.4 is 10.3 Å². The molecule has 0 saturated carbocycles. The van der Waals surface area contributed by atoms with Crippen LogP contribution in [0.2, 0.25) is 10.0 Å². The van der Waals surface area contributed by atoms with Gasteiger partial charge < -0.3 is 10.8 Å². The molecule has 3 N–H and O–H groups in total. The lowest BCUT2D eigenvalue weighted by molar-refractivity contribution is -0.697. The molecule has 2 rings (SSSR count). The number of phenols is 1. The van der Waals surface area contributed by atoms with E-state index in [1.807, 2.05) is 0 Å². The fraction of sp³-hybridized carbons (Fsp3) is 0.450. The first kappa shape index (κ1) is 20.0. The Balaban J connectivity index is 1.76. The number of aromatic hydroxyl groups is 1. The monoisotopic (exact) mass is 381 g/mol. The number of hydrogen-bond acceptors (Lipinski definition) is 2. The van der Waals surface area contributed by atoms with Crippen molar-refractivity contribution in [3.8, 4) is 5.75 Å². The van der Waals surface area contributed by atoms with E-state index in [1.165, 1.54) is 24.8 Å². The molecule has 0 bridgehead atoms. The fourth-order valence-electron chi connectivity index (χ4n) is 2.89. The molecule has 0 radical (unpaired) electrons. The maximum Gasteiger partial charge on any atom is 0.169 e. The summed E-state index contributed by atoms with van der Waals surface area (Å²) in [5.74, 6) is 0.145. The van der Waals surface area contributed by atoms with Crippen molar-refractivity contribution < 1.29 is 9.67 Å². The summed E-state index contributed by atoms with van der Waals surface area (Å²) in [6, 6.07) is 7.69. The van der Waals surface area contributed by atoms with Gasteiger partial charge in [-0.15, -0.1) is 0 Å². The molecule has 0 aliphatic rings. The minimum Gasteiger partial charge on any atom is -0.506 e. The van der Waals surface area contributed by atoms with Gasteiger partial charge in [0.15, 0.2) is 12.4 Å². The number of aryl methyl sites for hydroxylation is 3. The molecule has 0 fully saturated rings. The normalized spacial score (nSPS) is 11.0. The Morgan fingerprint density at radius 3 is 2.36 bits per heavy atom. The van der Waals surface area contributed by atoms with E-state index >= 15 is 0 Å². The van der Waals surface area contributed by atoms with E-state index in [2.05, 4.69) is 29.1 Å². The minimum atomic E-state index is 0.145. The van der Waals surface area contributed by atoms with Gasteiger partial charge in [0.2, 0.25) is 0 Å². The Labute approximate surface area is 160 Å². The Morgan fingerprint density at radius 2 is 1.64 bits per heavy atom. The molecular formula is C20H27Cl2N2O+. The second kappa shape index (κ2) is 10.6. The van der Waals surface area contributed by atoms with Crippen LogP contribution in [0.25, 0.3) is 0 Å². The fourth-order valence-corrected chi connectivity index (χ4v) is 3.42. The number of pyridine rings is 1. The summed E-state index contributed by atoms with van der Waals surface area (Å²) >= 11 is 12.0. The number of aromatic nitrogens is 1. The van der Waals surface area contributed by atoms with Crippen LogP contribution in [0, 0.1) is 0 Å². The molecule has 0 atom stereocenters. The van der Waals surface area contributed by atoms with Crippen LogP contribution in [-0.2, 0) is 19.4 Å². The number of unbranched alkanes of at least 4 members (excludes halogenated alkanes) is 3. The number of hydrogen-bond donors (Lipinski definition) is 2. The lowest BCUT2D eigenvalue weighted by Gasteiger charge is -2.07. The molecule has 0 spiro atoms. The summed E-state index contributed by atoms with van der Waals surface area (Å²) in [6.45, 7) is 1.85. The largest absolute Gasteiger partial charge is 0.506 e. The summed E-state index contributed by atoms with van der Waals surface area (Å²) in [5.41, 5.74) is 7.61. The molecule has 1 aromatic carbocycles. The Kier molecular flexibility index (Phi) is 8.53. The Morgan fingerprint density at radius 1 is 0.920 bits per heavy atom. The zero-order chi connectivity index (χ0) is 18.1. The summed E-state index contributed by atoms with van der Waals surface area (Å²) < 4.78 is 2.23. The SMILES string of the molecule is NCCCCCC[n+]1ccc(CCCc2cc(Cl)cc(Cl)c2O)cc1. The topological polar surface area (TPSA) is 50.1 Å². The van der Waals surface area contributed by atoms with E-state index in [9.17, 15) is 5.11 Å². The average molecular weight is 382 g/mol. The summed E-state index contributed by atoms with van der Waals surface area (Å²) in [7, 11) is 0. The van der Waals surface area contributed by atoms with E-state index in [0.717, 1.165) is 44.3 Å². The molecule has 3 nitrogen and oxygen atoms in total. The number of phenolic OH excluding ortho intramolecular Hbond substituents is 1. The van der Waals surface area contributed by atoms with E-state index in [4.69, 9.17) is 28.9 Å². The molecule has 25 heavy (non-hydrogen) atoms. The minimum absolute atomic E-state index is 0.145. The Hall–Kier alpha value is -1.29. The summed E-state index contributed by atoms with van der Waals surface area (Å²) in [4.78, 5) is 0. The third kappa shape index (κ3) is 6.85. The maximum absolute atomic E-state index is 9.99. The van der Waals surface area contributed by atoms with Gasteiger partial charge in [-0.2, -0.15) is 0 Å². The average Bonchev–Trinajstić information content (AvgIpc) is 2.60. The highest BCUT2D eigenvalue weighted by atomic mass is 35.5. The van der Waals surface area contributed by atoms with Crippen LogP contribution >= 0.6 is 23.2 Å². The lowest BCUT2D eigenvalue weighted by atomic mass is 10.0. The van der Waals surface area contributed by atoms with Gasteiger partial charge in [-0.1, -0.05) is 29.6 Å². The first-order valence-corrected chi connectivity index (χ1v) is 9.70. The van der Waals surface area contributed by atoms with Crippen LogP contribution in [-0.4, -0.2) is 11.7 Å². The van der Waals surface area contributed by atoms with Gasteiger partial charge in [-0.05, 0) is 61.9 Å². The smallest absolute Gasteiger partial charge is 0.169 e. The van der Waals surface area contributed by atoms with Gasteiger partial charge in [0.05, 0.1) is 5.02 Å². The molecule has 5 heteroatoms. The molecule has 1 heterocycles. The molecular weight excluding hydrogens is 355 g/mol. The van der Waals surface area contributed by atoms with Gasteiger partial charge in [-0.25, -0.2) is 4.57 Å². The standard InChI is InChI=1S/C20H26Cl2N2O/c21-18-14-17(20(25)19(22)15-18)7-5-6-16-8-12-24(13-9-16)11-4-2-1-3-10-23/h8-9,12-15H,1-7,10-11,23H2/p+1. The van der Waals surface area contributed by atoms with Crippen LogP contribution in [0.1, 0.15) is 43.2 Å². The first-order chi connectivity index (χ1) is 12.1. The molecule has 2 aromatic rings. The van der Waals surface area contributed by atoms with Crippen molar-refractivity contribution in [3.05, 3.63) is 57.8 Å². The molecule has 0 unspecified atom stereocenters. The lowest BCUT2D eigenvalue weighted by Crippen LogP contribution is -2.32. The molecule has 0 aliphatic heterocycles. The van der Waals surface area contributed by atoms with Gasteiger partial charge in [0.1, 0.15) is 12.3 Å². The highest BCUT2D eigenvalue weighted by molar-refractivity contribution is 6.35. The van der Waals surface area contributed by atoms with Crippen molar-refractivity contribution in [1.29, 1.82) is 0 Å². The zero-order valence-corrected chi connectivity index (χ0v) is 16.1. The second-order valence-corrected chi connectivity index (χ2v) is 7.24. The van der Waals surface area contributed by atoms with Crippen LogP contribution in [0.15, 0.2) is 36.7 Å². The maximum atomic E-state index is 9.99. The highest BCUT2D eigenvalue weighted by Crippen LogP contribution is 2.32. The van der Waals surface area contributed by atoms with Crippen molar-refractivity contribution in [2.75, 3.05) is 6.54 Å². The van der Waals surface area contributed by atoms with Crippen molar-refractivity contribution in [2.24, 2.45) is 5.73 Å². The van der Waals surface area contributed by atoms with Gasteiger partial charge in [-0.3, -0.25) is 0 Å². The number of benzene rings is 1. The molecule has 0 amide bonds. The quantitative estimate of drug-likeness (QED) is 0.463. The summed E-state index contributed by atoms with van der Waals surface area (Å²) in [5, 5.41) is 10.9. The van der Waals surface area contributed by atoms with Crippen molar-refractivity contribution >= 4 is 23.2 Å². The predicted molar refractivity (Wildman–Crippen MR) is 104 cm³/mol. The third-order valence-electron chi connectivity index (χ3n) is 4.35. The Bertz CT molecular complexity index is 659.